The Kier molecular flexibility index (Phi) is 6.98. The van der Waals surface area contributed by atoms with Gasteiger partial charge in [0.1, 0.15) is 6.61 Å². The Hall–Kier alpha value is -3.65. The van der Waals surface area contributed by atoms with Crippen LogP contribution in [0.5, 0.6) is 0 Å². The minimum absolute atomic E-state index is 0.0279. The standard InChI is InChI=1S/C26H23BrN2O5/c1-15(12-24(30)29-23-11-10-16(27)13-21(23)25(31)32)28-26(33)34-14-22-19-8-4-2-6-17(19)18-7-3-5-9-20(18)22/h2-11,13,15,22H,12,14H2,1H3,(H,28,33)(H,29,30)(H,31,32)/t15-/m1/s1. The molecular formula is C26H23BrN2O5. The molecule has 7 nitrogen and oxygen atoms in total. The highest BCUT2D eigenvalue weighted by atomic mass is 79.9. The molecule has 1 aliphatic rings. The number of carboxylic acids is 1. The van der Waals surface area contributed by atoms with Crippen LogP contribution in [0.25, 0.3) is 11.1 Å². The number of hydrogen-bond acceptors (Lipinski definition) is 4. The van der Waals surface area contributed by atoms with Gasteiger partial charge in [-0.15, -0.1) is 0 Å². The Morgan fingerprint density at radius 3 is 2.24 bits per heavy atom. The molecule has 0 unspecified atom stereocenters. The Morgan fingerprint density at radius 1 is 1.00 bits per heavy atom. The average Bonchev–Trinajstić information content (AvgIpc) is 3.12. The number of alkyl carbamates (subject to hydrolysis) is 1. The Labute approximate surface area is 205 Å². The maximum atomic E-state index is 12.4. The van der Waals surface area contributed by atoms with Gasteiger partial charge in [-0.2, -0.15) is 0 Å². The van der Waals surface area contributed by atoms with Gasteiger partial charge in [0, 0.05) is 22.9 Å². The number of anilines is 1. The molecule has 4 rings (SSSR count). The number of halogens is 1. The number of carbonyl (C=O) groups is 3. The summed E-state index contributed by atoms with van der Waals surface area (Å²) in [6.45, 7) is 1.86. The third kappa shape index (κ3) is 5.12. The fraction of sp³-hybridized carbons (Fsp3) is 0.192. The highest BCUT2D eigenvalue weighted by Gasteiger charge is 2.29. The highest BCUT2D eigenvalue weighted by Crippen LogP contribution is 2.44. The van der Waals surface area contributed by atoms with Crippen molar-refractivity contribution >= 4 is 39.6 Å². The first-order chi connectivity index (χ1) is 16.3. The smallest absolute Gasteiger partial charge is 0.407 e. The van der Waals surface area contributed by atoms with Gasteiger partial charge in [-0.05, 0) is 47.4 Å². The number of rotatable bonds is 7. The van der Waals surface area contributed by atoms with E-state index in [1.165, 1.54) is 12.1 Å². The minimum atomic E-state index is -1.15. The molecule has 0 aromatic heterocycles. The van der Waals surface area contributed by atoms with Crippen molar-refractivity contribution in [3.8, 4) is 11.1 Å². The van der Waals surface area contributed by atoms with E-state index in [0.29, 0.717) is 4.47 Å². The van der Waals surface area contributed by atoms with Crippen LogP contribution in [-0.4, -0.2) is 35.7 Å². The van der Waals surface area contributed by atoms with Gasteiger partial charge in [0.15, 0.2) is 0 Å². The normalized spacial score (nSPS) is 12.9. The Morgan fingerprint density at radius 2 is 1.62 bits per heavy atom. The predicted molar refractivity (Wildman–Crippen MR) is 132 cm³/mol. The molecule has 3 aromatic carbocycles. The molecule has 1 aliphatic carbocycles. The molecule has 0 bridgehead atoms. The van der Waals surface area contributed by atoms with Crippen LogP contribution in [0, 0.1) is 0 Å². The largest absolute Gasteiger partial charge is 0.478 e. The van der Waals surface area contributed by atoms with Gasteiger partial charge in [-0.3, -0.25) is 4.79 Å². The van der Waals surface area contributed by atoms with Crippen LogP contribution in [0.2, 0.25) is 0 Å². The molecule has 0 spiro atoms. The van der Waals surface area contributed by atoms with Gasteiger partial charge < -0.3 is 20.5 Å². The quantitative estimate of drug-likeness (QED) is 0.385. The first-order valence-electron chi connectivity index (χ1n) is 10.8. The van der Waals surface area contributed by atoms with Gasteiger partial charge in [0.05, 0.1) is 11.3 Å². The zero-order valence-corrected chi connectivity index (χ0v) is 20.0. The minimum Gasteiger partial charge on any atom is -0.478 e. The van der Waals surface area contributed by atoms with Gasteiger partial charge in [0.25, 0.3) is 0 Å². The van der Waals surface area contributed by atoms with Crippen LogP contribution in [0.3, 0.4) is 0 Å². The van der Waals surface area contributed by atoms with Crippen molar-refractivity contribution in [1.29, 1.82) is 0 Å². The number of fused-ring (bicyclic) bond motifs is 3. The topological polar surface area (TPSA) is 105 Å². The van der Waals surface area contributed by atoms with E-state index in [1.807, 2.05) is 36.4 Å². The second-order valence-electron chi connectivity index (χ2n) is 8.12. The van der Waals surface area contributed by atoms with Crippen LogP contribution in [0.15, 0.2) is 71.2 Å². The van der Waals surface area contributed by atoms with Gasteiger partial charge in [-0.25, -0.2) is 9.59 Å². The number of carboxylic acid groups (broad SMARTS) is 1. The lowest BCUT2D eigenvalue weighted by molar-refractivity contribution is -0.116. The van der Waals surface area contributed by atoms with Crippen molar-refractivity contribution < 1.29 is 24.2 Å². The number of ether oxygens (including phenoxy) is 1. The lowest BCUT2D eigenvalue weighted by Crippen LogP contribution is -2.36. The maximum Gasteiger partial charge on any atom is 0.407 e. The summed E-state index contributed by atoms with van der Waals surface area (Å²) in [4.78, 5) is 36.2. The second kappa shape index (κ2) is 10.1. The summed E-state index contributed by atoms with van der Waals surface area (Å²) in [6, 6.07) is 20.2. The highest BCUT2D eigenvalue weighted by molar-refractivity contribution is 9.10. The second-order valence-corrected chi connectivity index (χ2v) is 9.03. The van der Waals surface area contributed by atoms with Crippen molar-refractivity contribution in [3.63, 3.8) is 0 Å². The number of carbonyl (C=O) groups excluding carboxylic acids is 2. The summed E-state index contributed by atoms with van der Waals surface area (Å²) in [5.74, 6) is -1.62. The monoisotopic (exact) mass is 522 g/mol. The number of benzene rings is 3. The summed E-state index contributed by atoms with van der Waals surface area (Å²) in [5, 5.41) is 14.6. The average molecular weight is 523 g/mol. The van der Waals surface area contributed by atoms with Gasteiger partial charge >= 0.3 is 12.1 Å². The molecule has 2 amide bonds. The molecular weight excluding hydrogens is 500 g/mol. The molecule has 1 atom stereocenters. The van der Waals surface area contributed by atoms with E-state index < -0.39 is 24.0 Å². The molecule has 3 N–H and O–H groups in total. The van der Waals surface area contributed by atoms with Crippen LogP contribution in [0.4, 0.5) is 10.5 Å². The molecule has 8 heteroatoms. The lowest BCUT2D eigenvalue weighted by Gasteiger charge is -2.17. The summed E-state index contributed by atoms with van der Waals surface area (Å²) in [7, 11) is 0. The number of nitrogens with one attached hydrogen (secondary N) is 2. The molecule has 0 fully saturated rings. The number of aromatic carboxylic acids is 1. The predicted octanol–water partition coefficient (Wildman–Crippen LogP) is 5.40. The van der Waals surface area contributed by atoms with E-state index in [0.717, 1.165) is 22.3 Å². The zero-order chi connectivity index (χ0) is 24.2. The number of amides is 2. The molecule has 0 radical (unpaired) electrons. The lowest BCUT2D eigenvalue weighted by atomic mass is 9.98. The van der Waals surface area contributed by atoms with Crippen LogP contribution in [0.1, 0.15) is 40.7 Å². The molecule has 174 valence electrons. The van der Waals surface area contributed by atoms with Crippen molar-refractivity contribution in [1.82, 2.24) is 5.32 Å². The summed E-state index contributed by atoms with van der Waals surface area (Å²) in [5.41, 5.74) is 4.69. The summed E-state index contributed by atoms with van der Waals surface area (Å²) in [6.07, 6.45) is -0.656. The molecule has 0 saturated carbocycles. The van der Waals surface area contributed by atoms with E-state index >= 15 is 0 Å². The molecule has 34 heavy (non-hydrogen) atoms. The third-order valence-corrected chi connectivity index (χ3v) is 6.18. The van der Waals surface area contributed by atoms with E-state index in [9.17, 15) is 19.5 Å². The van der Waals surface area contributed by atoms with Crippen molar-refractivity contribution in [2.24, 2.45) is 0 Å². The first-order valence-corrected chi connectivity index (χ1v) is 11.6. The van der Waals surface area contributed by atoms with E-state index in [4.69, 9.17) is 4.74 Å². The SMILES string of the molecule is C[C@H](CC(=O)Nc1ccc(Br)cc1C(=O)O)NC(=O)OCC1c2ccccc2-c2ccccc21. The van der Waals surface area contributed by atoms with Crippen molar-refractivity contribution in [2.45, 2.75) is 25.3 Å². The molecule has 3 aromatic rings. The first kappa shape index (κ1) is 23.5. The van der Waals surface area contributed by atoms with E-state index in [1.54, 1.807) is 13.0 Å². The number of hydrogen-bond donors (Lipinski definition) is 3. The maximum absolute atomic E-state index is 12.4. The van der Waals surface area contributed by atoms with Crippen LogP contribution < -0.4 is 10.6 Å². The fourth-order valence-corrected chi connectivity index (χ4v) is 4.54. The zero-order valence-electron chi connectivity index (χ0n) is 18.4. The van der Waals surface area contributed by atoms with Crippen LogP contribution >= 0.6 is 15.9 Å². The summed E-state index contributed by atoms with van der Waals surface area (Å²) >= 11 is 3.22. The van der Waals surface area contributed by atoms with Gasteiger partial charge in [0.2, 0.25) is 5.91 Å². The summed E-state index contributed by atoms with van der Waals surface area (Å²) < 4.78 is 6.10. The fourth-order valence-electron chi connectivity index (χ4n) is 4.17. The van der Waals surface area contributed by atoms with Crippen LogP contribution in [-0.2, 0) is 9.53 Å². The molecule has 0 saturated heterocycles. The Bertz CT molecular complexity index is 1210. The van der Waals surface area contributed by atoms with Gasteiger partial charge in [-0.1, -0.05) is 64.5 Å². The van der Waals surface area contributed by atoms with E-state index in [2.05, 4.69) is 38.7 Å². The van der Waals surface area contributed by atoms with Crippen molar-refractivity contribution in [3.05, 3.63) is 87.9 Å². The third-order valence-electron chi connectivity index (χ3n) is 5.69. The Balaban J connectivity index is 1.32. The molecule has 0 heterocycles. The molecule has 0 aliphatic heterocycles. The van der Waals surface area contributed by atoms with E-state index in [-0.39, 0.29) is 30.2 Å². The van der Waals surface area contributed by atoms with Crippen molar-refractivity contribution in [2.75, 3.05) is 11.9 Å².